The molecule has 0 fully saturated rings. The Kier molecular flexibility index (Phi) is 4.48. The Morgan fingerprint density at radius 3 is 2.67 bits per heavy atom. The highest BCUT2D eigenvalue weighted by atomic mass is 32.2. The first-order valence-electron chi connectivity index (χ1n) is 5.18. The van der Waals surface area contributed by atoms with Gasteiger partial charge in [-0.3, -0.25) is 0 Å². The summed E-state index contributed by atoms with van der Waals surface area (Å²) in [5.41, 5.74) is 7.54. The third kappa shape index (κ3) is 2.67. The van der Waals surface area contributed by atoms with Gasteiger partial charge in [-0.2, -0.15) is 0 Å². The molecule has 1 atom stereocenters. The Morgan fingerprint density at radius 2 is 2.13 bits per heavy atom. The highest BCUT2D eigenvalue weighted by molar-refractivity contribution is 7.98. The first-order valence-corrected chi connectivity index (χ1v) is 6.40. The molecule has 0 bridgehead atoms. The second kappa shape index (κ2) is 5.42. The van der Waals surface area contributed by atoms with E-state index in [9.17, 15) is 5.11 Å². The van der Waals surface area contributed by atoms with Crippen LogP contribution in [0.5, 0.6) is 5.75 Å². The molecule has 1 aromatic rings. The third-order valence-electron chi connectivity index (χ3n) is 2.69. The van der Waals surface area contributed by atoms with Crippen molar-refractivity contribution >= 4 is 11.8 Å². The van der Waals surface area contributed by atoms with E-state index in [1.807, 2.05) is 19.2 Å². The molecule has 0 radical (unpaired) electrons. The van der Waals surface area contributed by atoms with Gasteiger partial charge >= 0.3 is 0 Å². The molecule has 3 N–H and O–H groups in total. The summed E-state index contributed by atoms with van der Waals surface area (Å²) in [6.07, 6.45) is 2.94. The fraction of sp³-hybridized carbons (Fsp3) is 0.500. The molecule has 0 aliphatic carbocycles. The SMILES string of the molecule is CSc1ccc(C)c(O)c1C(C)CCN. The number of hydrogen-bond donors (Lipinski definition) is 2. The minimum absolute atomic E-state index is 0.317. The highest BCUT2D eigenvalue weighted by Crippen LogP contribution is 2.37. The summed E-state index contributed by atoms with van der Waals surface area (Å²) in [5.74, 6) is 0.750. The molecule has 0 heterocycles. The lowest BCUT2D eigenvalue weighted by atomic mass is 9.95. The van der Waals surface area contributed by atoms with Crippen molar-refractivity contribution in [3.8, 4) is 5.75 Å². The minimum atomic E-state index is 0.317. The van der Waals surface area contributed by atoms with Crippen LogP contribution < -0.4 is 5.73 Å². The fourth-order valence-electron chi connectivity index (χ4n) is 1.75. The van der Waals surface area contributed by atoms with Crippen molar-refractivity contribution in [2.24, 2.45) is 5.73 Å². The van der Waals surface area contributed by atoms with E-state index in [0.717, 1.165) is 22.4 Å². The molecule has 0 saturated heterocycles. The van der Waals surface area contributed by atoms with Crippen LogP contribution in [0.15, 0.2) is 17.0 Å². The molecule has 3 heteroatoms. The van der Waals surface area contributed by atoms with Gasteiger partial charge in [0.1, 0.15) is 5.75 Å². The molecule has 0 aliphatic rings. The molecular formula is C12H19NOS. The van der Waals surface area contributed by atoms with Crippen LogP contribution in [0.1, 0.15) is 30.4 Å². The smallest absolute Gasteiger partial charge is 0.123 e. The summed E-state index contributed by atoms with van der Waals surface area (Å²) in [7, 11) is 0. The van der Waals surface area contributed by atoms with E-state index in [1.165, 1.54) is 0 Å². The summed E-state index contributed by atoms with van der Waals surface area (Å²) >= 11 is 1.67. The quantitative estimate of drug-likeness (QED) is 0.775. The molecule has 15 heavy (non-hydrogen) atoms. The van der Waals surface area contributed by atoms with Crippen LogP contribution >= 0.6 is 11.8 Å². The van der Waals surface area contributed by atoms with Crippen LogP contribution in [0, 0.1) is 6.92 Å². The summed E-state index contributed by atoms with van der Waals surface area (Å²) < 4.78 is 0. The second-order valence-electron chi connectivity index (χ2n) is 3.83. The normalized spacial score (nSPS) is 12.8. The monoisotopic (exact) mass is 225 g/mol. The molecule has 1 rings (SSSR count). The number of phenolic OH excluding ortho intramolecular Hbond substituents is 1. The van der Waals surface area contributed by atoms with Crippen molar-refractivity contribution in [1.82, 2.24) is 0 Å². The van der Waals surface area contributed by atoms with Gasteiger partial charge < -0.3 is 10.8 Å². The van der Waals surface area contributed by atoms with Crippen LogP contribution in [0.4, 0.5) is 0 Å². The summed E-state index contributed by atoms with van der Waals surface area (Å²) in [6, 6.07) is 4.03. The standard InChI is InChI=1S/C12H19NOS/c1-8(6-7-13)11-10(15-3)5-4-9(2)12(11)14/h4-5,8,14H,6-7,13H2,1-3H3. The van der Waals surface area contributed by atoms with Crippen LogP contribution in [0.3, 0.4) is 0 Å². The number of hydrogen-bond acceptors (Lipinski definition) is 3. The van der Waals surface area contributed by atoms with E-state index in [1.54, 1.807) is 11.8 Å². The number of phenols is 1. The van der Waals surface area contributed by atoms with E-state index in [-0.39, 0.29) is 0 Å². The molecule has 0 aliphatic heterocycles. The maximum absolute atomic E-state index is 10.1. The molecule has 2 nitrogen and oxygen atoms in total. The van der Waals surface area contributed by atoms with Crippen molar-refractivity contribution in [1.29, 1.82) is 0 Å². The summed E-state index contributed by atoms with van der Waals surface area (Å²) in [5, 5.41) is 10.1. The molecule has 0 aromatic heterocycles. The van der Waals surface area contributed by atoms with Crippen molar-refractivity contribution in [2.75, 3.05) is 12.8 Å². The number of aromatic hydroxyl groups is 1. The van der Waals surface area contributed by atoms with Crippen LogP contribution in [-0.4, -0.2) is 17.9 Å². The Labute approximate surface area is 95.9 Å². The Bertz CT molecular complexity index is 339. The zero-order chi connectivity index (χ0) is 11.4. The van der Waals surface area contributed by atoms with Crippen molar-refractivity contribution in [3.05, 3.63) is 23.3 Å². The second-order valence-corrected chi connectivity index (χ2v) is 4.67. The van der Waals surface area contributed by atoms with Gasteiger partial charge in [-0.25, -0.2) is 0 Å². The van der Waals surface area contributed by atoms with Gasteiger partial charge in [0.25, 0.3) is 0 Å². The fourth-order valence-corrected chi connectivity index (χ4v) is 2.47. The van der Waals surface area contributed by atoms with Gasteiger partial charge in [0.2, 0.25) is 0 Å². The lowest BCUT2D eigenvalue weighted by molar-refractivity contribution is 0.453. The average molecular weight is 225 g/mol. The molecule has 1 aromatic carbocycles. The number of rotatable bonds is 4. The topological polar surface area (TPSA) is 46.2 Å². The molecule has 0 spiro atoms. The van der Waals surface area contributed by atoms with E-state index in [0.29, 0.717) is 18.2 Å². The van der Waals surface area contributed by atoms with Crippen molar-refractivity contribution < 1.29 is 5.11 Å². The van der Waals surface area contributed by atoms with Crippen molar-refractivity contribution in [3.63, 3.8) is 0 Å². The van der Waals surface area contributed by atoms with Crippen LogP contribution in [-0.2, 0) is 0 Å². The van der Waals surface area contributed by atoms with E-state index in [4.69, 9.17) is 5.73 Å². The average Bonchev–Trinajstić information content (AvgIpc) is 2.22. The zero-order valence-corrected chi connectivity index (χ0v) is 10.4. The lowest BCUT2D eigenvalue weighted by Crippen LogP contribution is -2.06. The summed E-state index contributed by atoms with van der Waals surface area (Å²) in [6.45, 7) is 4.70. The van der Waals surface area contributed by atoms with Crippen molar-refractivity contribution in [2.45, 2.75) is 31.1 Å². The highest BCUT2D eigenvalue weighted by Gasteiger charge is 2.15. The third-order valence-corrected chi connectivity index (χ3v) is 3.49. The maximum atomic E-state index is 10.1. The Morgan fingerprint density at radius 1 is 1.47 bits per heavy atom. The number of thioether (sulfide) groups is 1. The largest absolute Gasteiger partial charge is 0.507 e. The first-order chi connectivity index (χ1) is 7.11. The predicted octanol–water partition coefficient (Wildman–Crippen LogP) is 2.87. The molecule has 0 amide bonds. The van der Waals surface area contributed by atoms with E-state index >= 15 is 0 Å². The van der Waals surface area contributed by atoms with Gasteiger partial charge in [0, 0.05) is 10.5 Å². The molecule has 0 saturated carbocycles. The minimum Gasteiger partial charge on any atom is -0.507 e. The first kappa shape index (κ1) is 12.4. The van der Waals surface area contributed by atoms with E-state index in [2.05, 4.69) is 13.0 Å². The predicted molar refractivity (Wildman–Crippen MR) is 66.7 cm³/mol. The van der Waals surface area contributed by atoms with Gasteiger partial charge in [0.15, 0.2) is 0 Å². The van der Waals surface area contributed by atoms with Gasteiger partial charge in [-0.15, -0.1) is 11.8 Å². The lowest BCUT2D eigenvalue weighted by Gasteiger charge is -2.17. The number of aryl methyl sites for hydroxylation is 1. The molecule has 84 valence electrons. The zero-order valence-electron chi connectivity index (χ0n) is 9.58. The maximum Gasteiger partial charge on any atom is 0.123 e. The van der Waals surface area contributed by atoms with Crippen LogP contribution in [0.25, 0.3) is 0 Å². The Balaban J connectivity index is 3.17. The number of benzene rings is 1. The van der Waals surface area contributed by atoms with Gasteiger partial charge in [-0.05, 0) is 43.7 Å². The van der Waals surface area contributed by atoms with Gasteiger partial charge in [0.05, 0.1) is 0 Å². The van der Waals surface area contributed by atoms with Gasteiger partial charge in [-0.1, -0.05) is 13.0 Å². The molecular weight excluding hydrogens is 206 g/mol. The van der Waals surface area contributed by atoms with E-state index < -0.39 is 0 Å². The Hall–Kier alpha value is -0.670. The number of nitrogens with two attached hydrogens (primary N) is 1. The molecule has 1 unspecified atom stereocenters. The summed E-state index contributed by atoms with van der Waals surface area (Å²) in [4.78, 5) is 1.15. The van der Waals surface area contributed by atoms with Crippen LogP contribution in [0.2, 0.25) is 0 Å².